The van der Waals surface area contributed by atoms with Crippen LogP contribution < -0.4 is 0 Å². The number of hydrogen-bond acceptors (Lipinski definition) is 2. The van der Waals surface area contributed by atoms with Gasteiger partial charge < -0.3 is 5.11 Å². The molecule has 0 aromatic carbocycles. The Morgan fingerprint density at radius 2 is 1.79 bits per heavy atom. The van der Waals surface area contributed by atoms with Crippen molar-refractivity contribution in [3.8, 4) is 0 Å². The van der Waals surface area contributed by atoms with Crippen LogP contribution >= 0.6 is 11.8 Å². The number of thioether (sulfide) groups is 1. The van der Waals surface area contributed by atoms with Crippen LogP contribution in [0.4, 0.5) is 13.2 Å². The van der Waals surface area contributed by atoms with Gasteiger partial charge in [-0.25, -0.2) is 0 Å². The monoisotopic (exact) mass is 230 g/mol. The maximum atomic E-state index is 12.2. The third-order valence-corrected chi connectivity index (χ3v) is 2.74. The van der Waals surface area contributed by atoms with Crippen molar-refractivity contribution < 1.29 is 23.1 Å². The lowest BCUT2D eigenvalue weighted by Crippen LogP contribution is -2.33. The Kier molecular flexibility index (Phi) is 4.30. The minimum atomic E-state index is -4.66. The third-order valence-electron chi connectivity index (χ3n) is 1.38. The van der Waals surface area contributed by atoms with Gasteiger partial charge in [0, 0.05) is 10.5 Å². The van der Waals surface area contributed by atoms with E-state index in [1.54, 1.807) is 20.8 Å². The van der Waals surface area contributed by atoms with E-state index in [4.69, 9.17) is 5.11 Å². The molecule has 0 bridgehead atoms. The van der Waals surface area contributed by atoms with Gasteiger partial charge in [0.15, 0.2) is 5.92 Å². The second-order valence-corrected chi connectivity index (χ2v) is 5.70. The van der Waals surface area contributed by atoms with Crippen LogP contribution in [0, 0.1) is 5.92 Å². The maximum absolute atomic E-state index is 12.2. The van der Waals surface area contributed by atoms with Crippen molar-refractivity contribution in [2.24, 2.45) is 5.92 Å². The molecule has 0 aliphatic carbocycles. The van der Waals surface area contributed by atoms with E-state index in [-0.39, 0.29) is 4.75 Å². The van der Waals surface area contributed by atoms with E-state index in [1.165, 1.54) is 0 Å². The van der Waals surface area contributed by atoms with Crippen LogP contribution in [0.5, 0.6) is 0 Å². The molecule has 0 aromatic rings. The van der Waals surface area contributed by atoms with Crippen molar-refractivity contribution in [3.63, 3.8) is 0 Å². The molecule has 0 aliphatic heterocycles. The molecular weight excluding hydrogens is 217 g/mol. The number of aliphatic carboxylic acids is 1. The summed E-state index contributed by atoms with van der Waals surface area (Å²) >= 11 is 0.996. The van der Waals surface area contributed by atoms with Gasteiger partial charge in [0.25, 0.3) is 0 Å². The Morgan fingerprint density at radius 1 is 1.36 bits per heavy atom. The summed E-state index contributed by atoms with van der Waals surface area (Å²) in [5.41, 5.74) is 0. The molecule has 1 atom stereocenters. The van der Waals surface area contributed by atoms with Crippen LogP contribution in [0.2, 0.25) is 0 Å². The van der Waals surface area contributed by atoms with E-state index in [1.807, 2.05) is 0 Å². The topological polar surface area (TPSA) is 37.3 Å². The van der Waals surface area contributed by atoms with E-state index in [9.17, 15) is 18.0 Å². The van der Waals surface area contributed by atoms with Gasteiger partial charge in [0.2, 0.25) is 0 Å². The molecule has 2 nitrogen and oxygen atoms in total. The largest absolute Gasteiger partial charge is 0.481 e. The number of rotatable bonds is 3. The Hall–Kier alpha value is -0.390. The van der Waals surface area contributed by atoms with Gasteiger partial charge in [0.05, 0.1) is 0 Å². The lowest BCUT2D eigenvalue weighted by molar-refractivity contribution is -0.188. The van der Waals surface area contributed by atoms with Gasteiger partial charge in [-0.3, -0.25) is 4.79 Å². The summed E-state index contributed by atoms with van der Waals surface area (Å²) < 4.78 is 36.1. The predicted octanol–water partition coefficient (Wildman–Crippen LogP) is 2.78. The Bertz CT molecular complexity index is 208. The van der Waals surface area contributed by atoms with E-state index >= 15 is 0 Å². The first kappa shape index (κ1) is 13.6. The number of carboxylic acids is 1. The fourth-order valence-corrected chi connectivity index (χ4v) is 1.64. The zero-order chi connectivity index (χ0) is 11.6. The molecule has 0 aliphatic rings. The summed E-state index contributed by atoms with van der Waals surface area (Å²) in [4.78, 5) is 10.3. The van der Waals surface area contributed by atoms with Gasteiger partial charge in [-0.15, -0.1) is 0 Å². The average molecular weight is 230 g/mol. The second kappa shape index (κ2) is 4.42. The summed E-state index contributed by atoms with van der Waals surface area (Å²) in [6, 6.07) is 0. The van der Waals surface area contributed by atoms with Crippen LogP contribution in [0.3, 0.4) is 0 Å². The Labute approximate surface area is 84.9 Å². The molecule has 14 heavy (non-hydrogen) atoms. The van der Waals surface area contributed by atoms with Crippen LogP contribution in [0.25, 0.3) is 0 Å². The van der Waals surface area contributed by atoms with Gasteiger partial charge >= 0.3 is 12.1 Å². The minimum Gasteiger partial charge on any atom is -0.481 e. The highest BCUT2D eigenvalue weighted by atomic mass is 32.2. The molecule has 0 aromatic heterocycles. The molecule has 0 saturated heterocycles. The third kappa shape index (κ3) is 5.36. The summed E-state index contributed by atoms with van der Waals surface area (Å²) in [6.45, 7) is 5.23. The highest BCUT2D eigenvalue weighted by Crippen LogP contribution is 2.33. The molecule has 6 heteroatoms. The van der Waals surface area contributed by atoms with Gasteiger partial charge in [0.1, 0.15) is 0 Å². The molecule has 0 amide bonds. The van der Waals surface area contributed by atoms with E-state index in [2.05, 4.69) is 0 Å². The number of carboxylic acid groups (broad SMARTS) is 1. The fraction of sp³-hybridized carbons (Fsp3) is 0.875. The maximum Gasteiger partial charge on any atom is 0.403 e. The molecular formula is C8H13F3O2S. The zero-order valence-corrected chi connectivity index (χ0v) is 9.00. The van der Waals surface area contributed by atoms with Crippen molar-refractivity contribution >= 4 is 17.7 Å². The Morgan fingerprint density at radius 3 is 2.00 bits per heavy atom. The normalized spacial score (nSPS) is 15.3. The number of alkyl halides is 3. The summed E-state index contributed by atoms with van der Waals surface area (Å²) in [5.74, 6) is -4.52. The second-order valence-electron chi connectivity index (χ2n) is 3.86. The first-order valence-electron chi connectivity index (χ1n) is 3.97. The zero-order valence-electron chi connectivity index (χ0n) is 8.18. The van der Waals surface area contributed by atoms with Crippen LogP contribution in [-0.4, -0.2) is 27.8 Å². The van der Waals surface area contributed by atoms with Crippen molar-refractivity contribution in [2.45, 2.75) is 31.7 Å². The molecule has 84 valence electrons. The molecule has 1 N–H and O–H groups in total. The fourth-order valence-electron chi connectivity index (χ4n) is 0.639. The summed E-state index contributed by atoms with van der Waals surface area (Å²) in [7, 11) is 0. The van der Waals surface area contributed by atoms with Gasteiger partial charge in [-0.2, -0.15) is 24.9 Å². The van der Waals surface area contributed by atoms with E-state index in [0.717, 1.165) is 11.8 Å². The first-order valence-corrected chi connectivity index (χ1v) is 4.96. The lowest BCUT2D eigenvalue weighted by atomic mass is 10.2. The molecule has 0 saturated carbocycles. The standard InChI is InChI=1S/C8H13F3O2S/c1-7(2,3)14-4-5(6(12)13)8(9,10)11/h5H,4H2,1-3H3,(H,12,13). The molecule has 0 radical (unpaired) electrons. The van der Waals surface area contributed by atoms with Crippen molar-refractivity contribution in [1.82, 2.24) is 0 Å². The van der Waals surface area contributed by atoms with Gasteiger partial charge in [-0.05, 0) is 0 Å². The number of halogens is 3. The smallest absolute Gasteiger partial charge is 0.403 e. The lowest BCUT2D eigenvalue weighted by Gasteiger charge is -2.21. The molecule has 0 fully saturated rings. The van der Waals surface area contributed by atoms with Crippen molar-refractivity contribution in [1.29, 1.82) is 0 Å². The van der Waals surface area contributed by atoms with Gasteiger partial charge in [-0.1, -0.05) is 20.8 Å². The van der Waals surface area contributed by atoms with Crippen LogP contribution in [0.15, 0.2) is 0 Å². The number of hydrogen-bond donors (Lipinski definition) is 1. The van der Waals surface area contributed by atoms with E-state index in [0.29, 0.717) is 0 Å². The van der Waals surface area contributed by atoms with Crippen molar-refractivity contribution in [3.05, 3.63) is 0 Å². The van der Waals surface area contributed by atoms with Crippen LogP contribution in [-0.2, 0) is 4.79 Å². The molecule has 0 heterocycles. The highest BCUT2D eigenvalue weighted by Gasteiger charge is 2.45. The number of carbonyl (C=O) groups is 1. The minimum absolute atomic E-state index is 0.362. The molecule has 1 unspecified atom stereocenters. The quantitative estimate of drug-likeness (QED) is 0.810. The predicted molar refractivity (Wildman–Crippen MR) is 49.4 cm³/mol. The highest BCUT2D eigenvalue weighted by molar-refractivity contribution is 8.00. The Balaban J connectivity index is 4.35. The SMILES string of the molecule is CC(C)(C)SCC(C(=O)O)C(F)(F)F. The summed E-state index contributed by atoms with van der Waals surface area (Å²) in [5, 5.41) is 8.37. The van der Waals surface area contributed by atoms with E-state index < -0.39 is 23.8 Å². The van der Waals surface area contributed by atoms with Crippen LogP contribution in [0.1, 0.15) is 20.8 Å². The van der Waals surface area contributed by atoms with Crippen molar-refractivity contribution in [2.75, 3.05) is 5.75 Å². The first-order chi connectivity index (χ1) is 6.04. The molecule has 0 rings (SSSR count). The summed E-state index contributed by atoms with van der Waals surface area (Å²) in [6.07, 6.45) is -4.66. The molecule has 0 spiro atoms. The average Bonchev–Trinajstić information content (AvgIpc) is 1.79.